The first kappa shape index (κ1) is 14.3. The summed E-state index contributed by atoms with van der Waals surface area (Å²) in [6, 6.07) is 11.3. The van der Waals surface area contributed by atoms with E-state index in [1.165, 1.54) is 10.3 Å². The normalized spacial score (nSPS) is 11.4. The molecule has 0 bridgehead atoms. The smallest absolute Gasteiger partial charge is 0.204 e. The molecule has 0 spiro atoms. The van der Waals surface area contributed by atoms with E-state index in [9.17, 15) is 0 Å². The SMILES string of the molecule is Cc1cccc2nc(N/N=C\c3ccc(Cl)cc3Cl)sc12. The number of nitrogens with one attached hydrogen (secondary N) is 1. The van der Waals surface area contributed by atoms with Gasteiger partial charge in [-0.2, -0.15) is 5.10 Å². The number of aryl methyl sites for hydroxylation is 1. The molecule has 0 saturated heterocycles. The number of anilines is 1. The fourth-order valence-corrected chi connectivity index (χ4v) is 3.24. The van der Waals surface area contributed by atoms with Gasteiger partial charge in [0.05, 0.1) is 21.5 Å². The third-order valence-corrected chi connectivity index (χ3v) is 4.61. The number of thiazole rings is 1. The van der Waals surface area contributed by atoms with Gasteiger partial charge in [-0.1, -0.05) is 52.7 Å². The van der Waals surface area contributed by atoms with E-state index in [4.69, 9.17) is 23.2 Å². The Morgan fingerprint density at radius 3 is 2.86 bits per heavy atom. The van der Waals surface area contributed by atoms with Crippen molar-refractivity contribution in [1.29, 1.82) is 0 Å². The lowest BCUT2D eigenvalue weighted by Crippen LogP contribution is -1.90. The molecule has 2 aromatic carbocycles. The molecule has 0 unspecified atom stereocenters. The van der Waals surface area contributed by atoms with Crippen LogP contribution in [0.3, 0.4) is 0 Å². The molecule has 0 radical (unpaired) electrons. The molecule has 0 aliphatic carbocycles. The molecule has 0 fully saturated rings. The number of halogens is 2. The van der Waals surface area contributed by atoms with Crippen LogP contribution in [0, 0.1) is 6.92 Å². The number of fused-ring (bicyclic) bond motifs is 1. The Hall–Kier alpha value is -1.62. The Kier molecular flexibility index (Phi) is 4.10. The number of rotatable bonds is 3. The molecule has 6 heteroatoms. The monoisotopic (exact) mass is 335 g/mol. The van der Waals surface area contributed by atoms with Crippen molar-refractivity contribution in [3.05, 3.63) is 57.6 Å². The summed E-state index contributed by atoms with van der Waals surface area (Å²) in [5.74, 6) is 0. The Morgan fingerprint density at radius 2 is 2.10 bits per heavy atom. The summed E-state index contributed by atoms with van der Waals surface area (Å²) in [6.45, 7) is 2.07. The third kappa shape index (κ3) is 3.18. The van der Waals surface area contributed by atoms with Crippen molar-refractivity contribution in [3.63, 3.8) is 0 Å². The van der Waals surface area contributed by atoms with E-state index in [0.29, 0.717) is 10.0 Å². The van der Waals surface area contributed by atoms with Gasteiger partial charge < -0.3 is 0 Å². The quantitative estimate of drug-likeness (QED) is 0.516. The highest BCUT2D eigenvalue weighted by Crippen LogP contribution is 2.28. The minimum atomic E-state index is 0.563. The van der Waals surface area contributed by atoms with Gasteiger partial charge >= 0.3 is 0 Å². The average Bonchev–Trinajstić information content (AvgIpc) is 2.86. The average molecular weight is 336 g/mol. The van der Waals surface area contributed by atoms with Crippen molar-refractivity contribution >= 4 is 56.1 Å². The molecule has 0 aliphatic heterocycles. The maximum absolute atomic E-state index is 6.08. The number of hydrogen-bond acceptors (Lipinski definition) is 4. The summed E-state index contributed by atoms with van der Waals surface area (Å²) in [6.07, 6.45) is 1.65. The predicted molar refractivity (Wildman–Crippen MR) is 92.0 cm³/mol. The van der Waals surface area contributed by atoms with Crippen LogP contribution >= 0.6 is 34.5 Å². The van der Waals surface area contributed by atoms with Gasteiger partial charge in [-0.3, -0.25) is 5.43 Å². The van der Waals surface area contributed by atoms with Gasteiger partial charge in [0.25, 0.3) is 0 Å². The van der Waals surface area contributed by atoms with E-state index in [2.05, 4.69) is 28.5 Å². The summed E-state index contributed by atoms with van der Waals surface area (Å²) in [4.78, 5) is 4.48. The van der Waals surface area contributed by atoms with Gasteiger partial charge in [0, 0.05) is 10.6 Å². The summed E-state index contributed by atoms with van der Waals surface area (Å²) in [7, 11) is 0. The molecule has 0 atom stereocenters. The molecule has 106 valence electrons. The first-order valence-corrected chi connectivity index (χ1v) is 7.81. The van der Waals surface area contributed by atoms with Crippen molar-refractivity contribution in [2.45, 2.75) is 6.92 Å². The molecule has 0 aliphatic rings. The lowest BCUT2D eigenvalue weighted by molar-refractivity contribution is 1.31. The Bertz CT molecular complexity index is 827. The Morgan fingerprint density at radius 1 is 1.24 bits per heavy atom. The summed E-state index contributed by atoms with van der Waals surface area (Å²) in [5.41, 5.74) is 5.92. The van der Waals surface area contributed by atoms with Gasteiger partial charge in [0.15, 0.2) is 0 Å². The maximum Gasteiger partial charge on any atom is 0.204 e. The zero-order chi connectivity index (χ0) is 14.8. The Labute approximate surface area is 136 Å². The minimum absolute atomic E-state index is 0.563. The lowest BCUT2D eigenvalue weighted by Gasteiger charge is -1.98. The molecular weight excluding hydrogens is 325 g/mol. The number of hydrazone groups is 1. The minimum Gasteiger partial charge on any atom is -0.253 e. The fourth-order valence-electron chi connectivity index (χ4n) is 1.90. The summed E-state index contributed by atoms with van der Waals surface area (Å²) in [5, 5.41) is 6.09. The molecule has 21 heavy (non-hydrogen) atoms. The molecular formula is C15H11Cl2N3S. The van der Waals surface area contributed by atoms with Crippen molar-refractivity contribution in [3.8, 4) is 0 Å². The summed E-state index contributed by atoms with van der Waals surface area (Å²) >= 11 is 13.5. The zero-order valence-electron chi connectivity index (χ0n) is 11.1. The second kappa shape index (κ2) is 6.02. The number of benzene rings is 2. The Balaban J connectivity index is 1.79. The van der Waals surface area contributed by atoms with E-state index in [-0.39, 0.29) is 0 Å². The van der Waals surface area contributed by atoms with Crippen LogP contribution in [0.25, 0.3) is 10.2 Å². The van der Waals surface area contributed by atoms with Gasteiger partial charge in [-0.05, 0) is 30.7 Å². The van der Waals surface area contributed by atoms with Crippen LogP contribution in [-0.4, -0.2) is 11.2 Å². The maximum atomic E-state index is 6.08. The van der Waals surface area contributed by atoms with Crippen molar-refractivity contribution < 1.29 is 0 Å². The first-order chi connectivity index (χ1) is 10.1. The van der Waals surface area contributed by atoms with Gasteiger partial charge in [0.1, 0.15) is 0 Å². The van der Waals surface area contributed by atoms with Gasteiger partial charge in [0.2, 0.25) is 5.13 Å². The van der Waals surface area contributed by atoms with Crippen LogP contribution in [0.15, 0.2) is 41.5 Å². The van der Waals surface area contributed by atoms with E-state index in [1.54, 1.807) is 29.7 Å². The number of nitrogens with zero attached hydrogens (tertiary/aromatic N) is 2. The van der Waals surface area contributed by atoms with Crippen LogP contribution in [0.4, 0.5) is 5.13 Å². The third-order valence-electron chi connectivity index (χ3n) is 2.94. The first-order valence-electron chi connectivity index (χ1n) is 6.24. The van der Waals surface area contributed by atoms with Crippen LogP contribution < -0.4 is 5.43 Å². The van der Waals surface area contributed by atoms with Crippen LogP contribution in [0.2, 0.25) is 10.0 Å². The molecule has 3 aromatic rings. The number of aromatic nitrogens is 1. The highest BCUT2D eigenvalue weighted by Gasteiger charge is 2.04. The van der Waals surface area contributed by atoms with Crippen molar-refractivity contribution in [1.82, 2.24) is 4.98 Å². The van der Waals surface area contributed by atoms with Gasteiger partial charge in [-0.25, -0.2) is 4.98 Å². The van der Waals surface area contributed by atoms with Gasteiger partial charge in [-0.15, -0.1) is 0 Å². The second-order valence-electron chi connectivity index (χ2n) is 4.48. The molecule has 1 heterocycles. The number of hydrogen-bond donors (Lipinski definition) is 1. The lowest BCUT2D eigenvalue weighted by atomic mass is 10.2. The van der Waals surface area contributed by atoms with E-state index < -0.39 is 0 Å². The fraction of sp³-hybridized carbons (Fsp3) is 0.0667. The topological polar surface area (TPSA) is 37.3 Å². The van der Waals surface area contributed by atoms with Crippen LogP contribution in [0.1, 0.15) is 11.1 Å². The molecule has 3 nitrogen and oxygen atoms in total. The predicted octanol–water partition coefficient (Wildman–Crippen LogP) is 5.36. The summed E-state index contributed by atoms with van der Waals surface area (Å²) < 4.78 is 1.17. The second-order valence-corrected chi connectivity index (χ2v) is 6.32. The van der Waals surface area contributed by atoms with Crippen LogP contribution in [0.5, 0.6) is 0 Å². The van der Waals surface area contributed by atoms with Crippen LogP contribution in [-0.2, 0) is 0 Å². The van der Waals surface area contributed by atoms with E-state index >= 15 is 0 Å². The standard InChI is InChI=1S/C15H11Cl2N3S/c1-9-3-2-4-13-14(9)21-15(19-13)20-18-8-10-5-6-11(16)7-12(10)17/h2-8H,1H3,(H,19,20)/b18-8-. The van der Waals surface area contributed by atoms with Crippen molar-refractivity contribution in [2.75, 3.05) is 5.43 Å². The molecule has 1 aromatic heterocycles. The van der Waals surface area contributed by atoms with E-state index in [1.807, 2.05) is 18.2 Å². The highest BCUT2D eigenvalue weighted by molar-refractivity contribution is 7.22. The van der Waals surface area contributed by atoms with Crippen molar-refractivity contribution in [2.24, 2.45) is 5.10 Å². The molecule has 0 saturated carbocycles. The molecule has 1 N–H and O–H groups in total. The zero-order valence-corrected chi connectivity index (χ0v) is 13.4. The highest BCUT2D eigenvalue weighted by atomic mass is 35.5. The van der Waals surface area contributed by atoms with E-state index in [0.717, 1.165) is 16.2 Å². The largest absolute Gasteiger partial charge is 0.253 e. The molecule has 3 rings (SSSR count). The molecule has 0 amide bonds.